The number of hydrogen-bond donors (Lipinski definition) is 2. The lowest BCUT2D eigenvalue weighted by Gasteiger charge is -2.10. The van der Waals surface area contributed by atoms with E-state index in [0.29, 0.717) is 29.4 Å². The average Bonchev–Trinajstić information content (AvgIpc) is 2.88. The SMILES string of the molecule is CCOc1ccccc1OCC(=O)NN=Cc1cc(N=Nc2cccc3ccccc23)ccc1O. The zero-order valence-electron chi connectivity index (χ0n) is 19.1. The minimum Gasteiger partial charge on any atom is -0.507 e. The van der Waals surface area contributed by atoms with Crippen LogP contribution in [0.25, 0.3) is 10.8 Å². The van der Waals surface area contributed by atoms with Crippen molar-refractivity contribution >= 4 is 34.3 Å². The van der Waals surface area contributed by atoms with Gasteiger partial charge in [0.2, 0.25) is 0 Å². The molecule has 1 amide bonds. The van der Waals surface area contributed by atoms with E-state index in [1.807, 2.05) is 55.5 Å². The van der Waals surface area contributed by atoms with Crippen molar-refractivity contribution in [3.05, 3.63) is 90.5 Å². The Morgan fingerprint density at radius 1 is 0.914 bits per heavy atom. The molecule has 4 aromatic carbocycles. The maximum Gasteiger partial charge on any atom is 0.277 e. The van der Waals surface area contributed by atoms with Crippen molar-refractivity contribution in [1.29, 1.82) is 0 Å². The van der Waals surface area contributed by atoms with Crippen LogP contribution in [-0.4, -0.2) is 30.4 Å². The van der Waals surface area contributed by atoms with E-state index in [4.69, 9.17) is 9.47 Å². The molecular formula is C27H24N4O4. The molecule has 8 heteroatoms. The molecule has 0 bridgehead atoms. The Labute approximate surface area is 202 Å². The van der Waals surface area contributed by atoms with Crippen molar-refractivity contribution in [3.63, 3.8) is 0 Å². The van der Waals surface area contributed by atoms with Gasteiger partial charge in [0.1, 0.15) is 5.75 Å². The lowest BCUT2D eigenvalue weighted by Crippen LogP contribution is -2.24. The van der Waals surface area contributed by atoms with E-state index in [9.17, 15) is 9.90 Å². The number of phenols is 1. The van der Waals surface area contributed by atoms with Crippen LogP contribution in [-0.2, 0) is 4.79 Å². The van der Waals surface area contributed by atoms with E-state index in [2.05, 4.69) is 20.8 Å². The van der Waals surface area contributed by atoms with Gasteiger partial charge in [0.05, 0.1) is 24.2 Å². The maximum atomic E-state index is 12.1. The molecule has 0 aliphatic rings. The molecule has 0 radical (unpaired) electrons. The highest BCUT2D eigenvalue weighted by molar-refractivity contribution is 5.92. The summed E-state index contributed by atoms with van der Waals surface area (Å²) >= 11 is 0. The lowest BCUT2D eigenvalue weighted by atomic mass is 10.1. The van der Waals surface area contributed by atoms with Gasteiger partial charge in [-0.15, -0.1) is 5.11 Å². The maximum absolute atomic E-state index is 12.1. The van der Waals surface area contributed by atoms with Gasteiger partial charge in [-0.05, 0) is 48.7 Å². The number of nitrogens with one attached hydrogen (secondary N) is 1. The van der Waals surface area contributed by atoms with Crippen molar-refractivity contribution in [3.8, 4) is 17.2 Å². The largest absolute Gasteiger partial charge is 0.507 e. The predicted molar refractivity (Wildman–Crippen MR) is 135 cm³/mol. The van der Waals surface area contributed by atoms with Crippen molar-refractivity contribution < 1.29 is 19.4 Å². The molecule has 0 spiro atoms. The Kier molecular flexibility index (Phi) is 7.65. The van der Waals surface area contributed by atoms with Gasteiger partial charge in [-0.2, -0.15) is 10.2 Å². The summed E-state index contributed by atoms with van der Waals surface area (Å²) in [4.78, 5) is 12.1. The third kappa shape index (κ3) is 6.20. The summed E-state index contributed by atoms with van der Waals surface area (Å²) in [5.74, 6) is 0.564. The molecule has 35 heavy (non-hydrogen) atoms. The van der Waals surface area contributed by atoms with Crippen LogP contribution in [0.4, 0.5) is 11.4 Å². The molecule has 176 valence electrons. The molecule has 0 saturated carbocycles. The number of carbonyl (C=O) groups is 1. The fraction of sp³-hybridized carbons (Fsp3) is 0.111. The van der Waals surface area contributed by atoms with Gasteiger partial charge in [0.15, 0.2) is 18.1 Å². The molecular weight excluding hydrogens is 444 g/mol. The van der Waals surface area contributed by atoms with Crippen LogP contribution >= 0.6 is 0 Å². The van der Waals surface area contributed by atoms with Crippen LogP contribution < -0.4 is 14.9 Å². The number of hydrazone groups is 1. The molecule has 0 aliphatic carbocycles. The first-order valence-electron chi connectivity index (χ1n) is 11.0. The molecule has 4 rings (SSSR count). The van der Waals surface area contributed by atoms with Gasteiger partial charge >= 0.3 is 0 Å². The molecule has 0 heterocycles. The van der Waals surface area contributed by atoms with Gasteiger partial charge in [0, 0.05) is 10.9 Å². The smallest absolute Gasteiger partial charge is 0.277 e. The number of rotatable bonds is 9. The fourth-order valence-electron chi connectivity index (χ4n) is 3.31. The number of fused-ring (bicyclic) bond motifs is 1. The molecule has 0 aromatic heterocycles. The van der Waals surface area contributed by atoms with Crippen LogP contribution in [0.3, 0.4) is 0 Å². The Hall–Kier alpha value is -4.72. The Morgan fingerprint density at radius 3 is 2.49 bits per heavy atom. The third-order valence-electron chi connectivity index (χ3n) is 4.95. The van der Waals surface area contributed by atoms with Crippen LogP contribution in [0.1, 0.15) is 12.5 Å². The Morgan fingerprint density at radius 2 is 1.66 bits per heavy atom. The Bertz CT molecular complexity index is 1380. The standard InChI is InChI=1S/C27H24N4O4/c1-2-34-25-12-5-6-13-26(25)35-18-27(33)31-28-17-20-16-21(14-15-24(20)32)29-30-23-11-7-9-19-8-3-4-10-22(19)23/h3-17,32H,2,18H2,1H3,(H,31,33). The number of amides is 1. The predicted octanol–water partition coefficient (Wildman–Crippen LogP) is 5.89. The van der Waals surface area contributed by atoms with E-state index < -0.39 is 5.91 Å². The van der Waals surface area contributed by atoms with Crippen molar-refractivity contribution in [2.45, 2.75) is 6.92 Å². The van der Waals surface area contributed by atoms with Gasteiger partial charge in [0.25, 0.3) is 5.91 Å². The molecule has 0 saturated heterocycles. The highest BCUT2D eigenvalue weighted by Gasteiger charge is 2.07. The zero-order chi connectivity index (χ0) is 24.5. The summed E-state index contributed by atoms with van der Waals surface area (Å²) in [7, 11) is 0. The fourth-order valence-corrected chi connectivity index (χ4v) is 3.31. The molecule has 0 unspecified atom stereocenters. The Balaban J connectivity index is 1.38. The summed E-state index contributed by atoms with van der Waals surface area (Å²) in [6, 6.07) is 25.6. The first kappa shape index (κ1) is 23.4. The zero-order valence-corrected chi connectivity index (χ0v) is 19.1. The van der Waals surface area contributed by atoms with Crippen molar-refractivity contribution in [2.24, 2.45) is 15.3 Å². The van der Waals surface area contributed by atoms with E-state index in [1.54, 1.807) is 30.3 Å². The highest BCUT2D eigenvalue weighted by Crippen LogP contribution is 2.29. The summed E-state index contributed by atoms with van der Waals surface area (Å²) in [6.07, 6.45) is 1.33. The topological polar surface area (TPSA) is 105 Å². The summed E-state index contributed by atoms with van der Waals surface area (Å²) in [5.41, 5.74) is 4.02. The van der Waals surface area contributed by atoms with Crippen LogP contribution in [0.5, 0.6) is 17.2 Å². The second kappa shape index (κ2) is 11.4. The number of phenolic OH excluding ortho intramolecular Hbond substituents is 1. The molecule has 8 nitrogen and oxygen atoms in total. The molecule has 2 N–H and O–H groups in total. The van der Waals surface area contributed by atoms with Crippen LogP contribution in [0.15, 0.2) is 100 Å². The van der Waals surface area contributed by atoms with Gasteiger partial charge < -0.3 is 14.6 Å². The quantitative estimate of drug-likeness (QED) is 0.182. The monoisotopic (exact) mass is 468 g/mol. The number of azo groups is 1. The second-order valence-corrected chi connectivity index (χ2v) is 7.40. The van der Waals surface area contributed by atoms with Crippen LogP contribution in [0.2, 0.25) is 0 Å². The van der Waals surface area contributed by atoms with Crippen LogP contribution in [0, 0.1) is 0 Å². The minimum absolute atomic E-state index is 0.00555. The number of nitrogens with zero attached hydrogens (tertiary/aromatic N) is 3. The van der Waals surface area contributed by atoms with E-state index >= 15 is 0 Å². The third-order valence-corrected chi connectivity index (χ3v) is 4.95. The highest BCUT2D eigenvalue weighted by atomic mass is 16.5. The normalized spacial score (nSPS) is 11.2. The van der Waals surface area contributed by atoms with E-state index in [1.165, 1.54) is 12.3 Å². The second-order valence-electron chi connectivity index (χ2n) is 7.40. The lowest BCUT2D eigenvalue weighted by molar-refractivity contribution is -0.123. The summed E-state index contributed by atoms with van der Waals surface area (Å²) < 4.78 is 11.0. The van der Waals surface area contributed by atoms with Gasteiger partial charge in [-0.25, -0.2) is 5.43 Å². The van der Waals surface area contributed by atoms with Crippen molar-refractivity contribution in [1.82, 2.24) is 5.43 Å². The molecule has 0 atom stereocenters. The number of ether oxygens (including phenoxy) is 2. The number of carbonyl (C=O) groups excluding carboxylic acids is 1. The number of aromatic hydroxyl groups is 1. The number of benzene rings is 4. The minimum atomic E-state index is -0.459. The van der Waals surface area contributed by atoms with Crippen molar-refractivity contribution in [2.75, 3.05) is 13.2 Å². The molecule has 0 fully saturated rings. The molecule has 0 aliphatic heterocycles. The van der Waals surface area contributed by atoms with Gasteiger partial charge in [-0.1, -0.05) is 48.5 Å². The first-order chi connectivity index (χ1) is 17.1. The number of para-hydroxylation sites is 2. The average molecular weight is 469 g/mol. The summed E-state index contributed by atoms with van der Waals surface area (Å²) in [5, 5.41) is 24.8. The first-order valence-corrected chi connectivity index (χ1v) is 11.0. The number of hydrogen-bond acceptors (Lipinski definition) is 7. The molecule has 4 aromatic rings. The van der Waals surface area contributed by atoms with Gasteiger partial charge in [-0.3, -0.25) is 4.79 Å². The van der Waals surface area contributed by atoms with E-state index in [0.717, 1.165) is 16.5 Å². The van der Waals surface area contributed by atoms with E-state index in [-0.39, 0.29) is 12.4 Å². The summed E-state index contributed by atoms with van der Waals surface area (Å²) in [6.45, 7) is 2.11.